The summed E-state index contributed by atoms with van der Waals surface area (Å²) in [5.41, 5.74) is 5.86. The van der Waals surface area contributed by atoms with Gasteiger partial charge in [-0.1, -0.05) is 23.2 Å². The number of carboxylic acids is 1. The van der Waals surface area contributed by atoms with Gasteiger partial charge in [-0.3, -0.25) is 4.79 Å². The monoisotopic (exact) mass is 387 g/mol. The number of nitrogens with two attached hydrogens (primary N) is 1. The van der Waals surface area contributed by atoms with Crippen LogP contribution in [0.15, 0.2) is 12.1 Å². The number of carbonyl (C=O) groups excluding carboxylic acids is 1. The van der Waals surface area contributed by atoms with E-state index in [1.54, 1.807) is 14.0 Å². The largest absolute Gasteiger partial charge is 0.479 e. The third-order valence-electron chi connectivity index (χ3n) is 3.26. The van der Waals surface area contributed by atoms with E-state index in [4.69, 9.17) is 43.5 Å². The third kappa shape index (κ3) is 3.97. The summed E-state index contributed by atoms with van der Waals surface area (Å²) < 4.78 is 12.3. The second-order valence-electron chi connectivity index (χ2n) is 5.17. The zero-order chi connectivity index (χ0) is 18.9. The van der Waals surface area contributed by atoms with E-state index in [1.807, 2.05) is 0 Å². The van der Waals surface area contributed by atoms with Crippen LogP contribution >= 0.6 is 23.2 Å². The minimum atomic E-state index is -1.16. The highest BCUT2D eigenvalue weighted by molar-refractivity contribution is 6.36. The zero-order valence-electron chi connectivity index (χ0n) is 13.5. The van der Waals surface area contributed by atoms with E-state index in [2.05, 4.69) is 5.10 Å². The van der Waals surface area contributed by atoms with Gasteiger partial charge in [0.15, 0.2) is 11.9 Å². The number of aliphatic carboxylic acids is 1. The summed E-state index contributed by atoms with van der Waals surface area (Å²) in [6.07, 6.45) is -1.13. The molecule has 0 saturated carbocycles. The average Bonchev–Trinajstić information content (AvgIpc) is 2.77. The molecule has 0 aliphatic carbocycles. The van der Waals surface area contributed by atoms with Crippen molar-refractivity contribution in [3.63, 3.8) is 0 Å². The molecular weight excluding hydrogens is 373 g/mol. The molecule has 0 bridgehead atoms. The molecule has 1 amide bonds. The van der Waals surface area contributed by atoms with Crippen LogP contribution in [0.2, 0.25) is 10.0 Å². The number of aryl methyl sites for hydroxylation is 2. The molecule has 2 aromatic rings. The Morgan fingerprint density at radius 1 is 1.28 bits per heavy atom. The van der Waals surface area contributed by atoms with Gasteiger partial charge in [0.25, 0.3) is 5.91 Å². The van der Waals surface area contributed by atoms with Crippen molar-refractivity contribution in [2.24, 2.45) is 12.8 Å². The van der Waals surface area contributed by atoms with E-state index < -0.39 is 18.0 Å². The SMILES string of the molecule is Cc1nn(C)c(Oc2cc(O[C@@H](C)C(=O)O)c(Cl)cc2Cl)c1C(N)=O. The molecule has 1 aromatic carbocycles. The van der Waals surface area contributed by atoms with Crippen LogP contribution in [0.25, 0.3) is 0 Å². The molecule has 25 heavy (non-hydrogen) atoms. The van der Waals surface area contributed by atoms with Crippen LogP contribution in [0.5, 0.6) is 17.4 Å². The van der Waals surface area contributed by atoms with E-state index >= 15 is 0 Å². The Kier molecular flexibility index (Phi) is 5.44. The molecule has 2 rings (SSSR count). The van der Waals surface area contributed by atoms with Gasteiger partial charge >= 0.3 is 5.97 Å². The van der Waals surface area contributed by atoms with Gasteiger partial charge in [-0.15, -0.1) is 0 Å². The molecule has 134 valence electrons. The summed E-state index contributed by atoms with van der Waals surface area (Å²) in [6, 6.07) is 2.67. The van der Waals surface area contributed by atoms with Crippen molar-refractivity contribution in [2.45, 2.75) is 20.0 Å². The summed E-state index contributed by atoms with van der Waals surface area (Å²) in [6.45, 7) is 2.96. The highest BCUT2D eigenvalue weighted by Gasteiger charge is 2.22. The van der Waals surface area contributed by atoms with Crippen molar-refractivity contribution in [1.29, 1.82) is 0 Å². The van der Waals surface area contributed by atoms with Gasteiger partial charge in [0.2, 0.25) is 5.88 Å². The topological polar surface area (TPSA) is 117 Å². The number of aromatic nitrogens is 2. The lowest BCUT2D eigenvalue weighted by Crippen LogP contribution is -2.23. The fourth-order valence-corrected chi connectivity index (χ4v) is 2.53. The maximum atomic E-state index is 11.6. The number of hydrogen-bond donors (Lipinski definition) is 2. The first-order valence-electron chi connectivity index (χ1n) is 7.01. The van der Waals surface area contributed by atoms with Crippen LogP contribution < -0.4 is 15.2 Å². The van der Waals surface area contributed by atoms with Crippen molar-refractivity contribution in [3.05, 3.63) is 33.4 Å². The quantitative estimate of drug-likeness (QED) is 0.786. The lowest BCUT2D eigenvalue weighted by atomic mass is 10.2. The molecule has 3 N–H and O–H groups in total. The van der Waals surface area contributed by atoms with E-state index in [1.165, 1.54) is 23.7 Å². The molecule has 10 heteroatoms. The zero-order valence-corrected chi connectivity index (χ0v) is 15.1. The molecule has 1 heterocycles. The van der Waals surface area contributed by atoms with Crippen LogP contribution in [0.1, 0.15) is 23.0 Å². The standard InChI is InChI=1S/C15H15Cl2N3O5/c1-6-12(13(18)21)14(20(3)19-6)25-11-5-10(8(16)4-9(11)17)24-7(2)15(22)23/h4-5,7H,1-3H3,(H2,18,21)(H,22,23)/t7-/m0/s1. The molecule has 0 saturated heterocycles. The molecule has 0 fully saturated rings. The van der Waals surface area contributed by atoms with Crippen molar-refractivity contribution in [1.82, 2.24) is 9.78 Å². The van der Waals surface area contributed by atoms with Gasteiger partial charge in [0.05, 0.1) is 15.7 Å². The Labute approximate surface area is 153 Å². The van der Waals surface area contributed by atoms with Crippen LogP contribution in [0.3, 0.4) is 0 Å². The number of carbonyl (C=O) groups is 2. The second kappa shape index (κ2) is 7.20. The smallest absolute Gasteiger partial charge is 0.344 e. The van der Waals surface area contributed by atoms with Crippen LogP contribution in [0, 0.1) is 6.92 Å². The number of amides is 1. The van der Waals surface area contributed by atoms with Gasteiger partial charge in [0.1, 0.15) is 11.3 Å². The Balaban J connectivity index is 2.44. The molecule has 0 aliphatic rings. The van der Waals surface area contributed by atoms with E-state index in [9.17, 15) is 9.59 Å². The van der Waals surface area contributed by atoms with Crippen molar-refractivity contribution >= 4 is 35.1 Å². The molecule has 1 aromatic heterocycles. The fraction of sp³-hybridized carbons (Fsp3) is 0.267. The molecule has 8 nitrogen and oxygen atoms in total. The highest BCUT2D eigenvalue weighted by atomic mass is 35.5. The van der Waals surface area contributed by atoms with E-state index in [0.717, 1.165) is 0 Å². The lowest BCUT2D eigenvalue weighted by Gasteiger charge is -2.15. The second-order valence-corrected chi connectivity index (χ2v) is 5.98. The predicted molar refractivity (Wildman–Crippen MR) is 90.7 cm³/mol. The third-order valence-corrected chi connectivity index (χ3v) is 3.85. The van der Waals surface area contributed by atoms with Gasteiger partial charge in [-0.05, 0) is 19.9 Å². The molecule has 0 radical (unpaired) electrons. The summed E-state index contributed by atoms with van der Waals surface area (Å²) in [4.78, 5) is 22.6. The number of ether oxygens (including phenoxy) is 2. The molecule has 0 aliphatic heterocycles. The number of carboxylic acid groups (broad SMARTS) is 1. The first-order chi connectivity index (χ1) is 11.6. The number of halogens is 2. The van der Waals surface area contributed by atoms with E-state index in [-0.39, 0.29) is 33.0 Å². The number of hydrogen-bond acceptors (Lipinski definition) is 5. The minimum Gasteiger partial charge on any atom is -0.479 e. The maximum Gasteiger partial charge on any atom is 0.344 e. The van der Waals surface area contributed by atoms with Crippen molar-refractivity contribution in [3.8, 4) is 17.4 Å². The Bertz CT molecular complexity index is 850. The lowest BCUT2D eigenvalue weighted by molar-refractivity contribution is -0.144. The maximum absolute atomic E-state index is 11.6. The molecule has 0 unspecified atom stereocenters. The Morgan fingerprint density at radius 2 is 1.88 bits per heavy atom. The van der Waals surface area contributed by atoms with Crippen LogP contribution in [0.4, 0.5) is 0 Å². The van der Waals surface area contributed by atoms with Gasteiger partial charge in [0, 0.05) is 13.1 Å². The Hall–Kier alpha value is -2.45. The van der Waals surface area contributed by atoms with Crippen molar-refractivity contribution in [2.75, 3.05) is 0 Å². The normalized spacial score (nSPS) is 11.9. The summed E-state index contributed by atoms with van der Waals surface area (Å²) in [7, 11) is 1.57. The average molecular weight is 388 g/mol. The van der Waals surface area contributed by atoms with Gasteiger partial charge < -0.3 is 20.3 Å². The number of nitrogens with zero attached hydrogens (tertiary/aromatic N) is 2. The Morgan fingerprint density at radius 3 is 2.44 bits per heavy atom. The highest BCUT2D eigenvalue weighted by Crippen LogP contribution is 2.39. The summed E-state index contributed by atoms with van der Waals surface area (Å²) >= 11 is 12.1. The predicted octanol–water partition coefficient (Wildman–Crippen LogP) is 2.78. The van der Waals surface area contributed by atoms with Crippen LogP contribution in [-0.2, 0) is 11.8 Å². The summed E-state index contributed by atoms with van der Waals surface area (Å²) in [5, 5.41) is 13.3. The number of primary amides is 1. The number of benzene rings is 1. The van der Waals surface area contributed by atoms with Crippen LogP contribution in [-0.4, -0.2) is 32.9 Å². The fourth-order valence-electron chi connectivity index (χ4n) is 2.06. The number of rotatable bonds is 6. The molecular formula is C15H15Cl2N3O5. The van der Waals surface area contributed by atoms with E-state index in [0.29, 0.717) is 5.69 Å². The summed E-state index contributed by atoms with van der Waals surface area (Å²) in [5.74, 6) is -1.61. The first kappa shape index (κ1) is 18.9. The molecule has 1 atom stereocenters. The molecule has 0 spiro atoms. The van der Waals surface area contributed by atoms with Gasteiger partial charge in [-0.25, -0.2) is 9.48 Å². The van der Waals surface area contributed by atoms with Crippen molar-refractivity contribution < 1.29 is 24.2 Å². The minimum absolute atomic E-state index is 0.0653. The first-order valence-corrected chi connectivity index (χ1v) is 7.77. The van der Waals surface area contributed by atoms with Gasteiger partial charge in [-0.2, -0.15) is 5.10 Å².